The summed E-state index contributed by atoms with van der Waals surface area (Å²) in [6, 6.07) is 16.6. The Kier molecular flexibility index (Phi) is 7.44. The number of benzene rings is 3. The molecule has 7 nitrogen and oxygen atoms in total. The van der Waals surface area contributed by atoms with Gasteiger partial charge in [-0.15, -0.1) is 0 Å². The van der Waals surface area contributed by atoms with Gasteiger partial charge in [0.1, 0.15) is 13.2 Å². The number of halogens is 2. The highest BCUT2D eigenvalue weighted by atomic mass is 35.5. The number of ether oxygens (including phenoxy) is 2. The summed E-state index contributed by atoms with van der Waals surface area (Å²) in [4.78, 5) is 12.8. The van der Waals surface area contributed by atoms with Crippen LogP contribution in [0.5, 0.6) is 11.5 Å². The number of carbonyl (C=O) groups is 1. The maximum absolute atomic E-state index is 12.8. The van der Waals surface area contributed by atoms with Crippen molar-refractivity contribution in [2.45, 2.75) is 19.5 Å². The number of nitrogens with one attached hydrogen (secondary N) is 1. The fraction of sp³-hybridized carbons (Fsp3) is 0.240. The summed E-state index contributed by atoms with van der Waals surface area (Å²) < 4.78 is 37.4. The van der Waals surface area contributed by atoms with Crippen molar-refractivity contribution in [2.24, 2.45) is 0 Å². The van der Waals surface area contributed by atoms with Gasteiger partial charge in [-0.05, 0) is 61.0 Å². The van der Waals surface area contributed by atoms with Crippen molar-refractivity contribution in [1.29, 1.82) is 0 Å². The van der Waals surface area contributed by atoms with E-state index in [9.17, 15) is 13.2 Å². The van der Waals surface area contributed by atoms with E-state index in [-0.39, 0.29) is 18.5 Å². The van der Waals surface area contributed by atoms with E-state index in [1.165, 1.54) is 4.31 Å². The van der Waals surface area contributed by atoms with Crippen LogP contribution in [0.15, 0.2) is 60.7 Å². The molecule has 0 spiro atoms. The average Bonchev–Trinajstić information content (AvgIpc) is 2.83. The predicted octanol–water partition coefficient (Wildman–Crippen LogP) is 5.22. The minimum Gasteiger partial charge on any atom is -0.486 e. The van der Waals surface area contributed by atoms with Crippen LogP contribution in [0.1, 0.15) is 34.5 Å². The summed E-state index contributed by atoms with van der Waals surface area (Å²) in [7, 11) is -3.65. The molecular weight excluding hydrogens is 511 g/mol. The topological polar surface area (TPSA) is 84.9 Å². The first-order valence-corrected chi connectivity index (χ1v) is 13.4. The lowest BCUT2D eigenvalue weighted by Crippen LogP contribution is -2.30. The van der Waals surface area contributed by atoms with Gasteiger partial charge in [-0.2, -0.15) is 0 Å². The molecule has 3 aromatic rings. The molecule has 0 unspecified atom stereocenters. The van der Waals surface area contributed by atoms with E-state index in [4.69, 9.17) is 32.7 Å². The standard InChI is InChI=1S/C25H24Cl2N2O5S/c1-16(18-8-11-23-24(14-18)34-13-12-33-23)28-25(30)17-6-9-19(10-7-17)29(35(2,31)32)15-20-21(26)4-3-5-22(20)27/h3-11,14,16H,12-13,15H2,1-2H3,(H,28,30)/t16-/m0/s1. The number of nitrogens with zero attached hydrogens (tertiary/aromatic N) is 1. The first-order chi connectivity index (χ1) is 16.6. The molecule has 1 amide bonds. The Hall–Kier alpha value is -2.94. The average molecular weight is 535 g/mol. The third-order valence-corrected chi connectivity index (χ3v) is 7.44. The summed E-state index contributed by atoms with van der Waals surface area (Å²) >= 11 is 12.5. The Morgan fingerprint density at radius 3 is 2.26 bits per heavy atom. The van der Waals surface area contributed by atoms with Crippen LogP contribution in [0.4, 0.5) is 5.69 Å². The number of fused-ring (bicyclic) bond motifs is 1. The van der Waals surface area contributed by atoms with Crippen LogP contribution in [0.2, 0.25) is 10.0 Å². The monoisotopic (exact) mass is 534 g/mol. The zero-order chi connectivity index (χ0) is 25.2. The van der Waals surface area contributed by atoms with E-state index in [2.05, 4.69) is 5.32 Å². The van der Waals surface area contributed by atoms with Crippen LogP contribution in [-0.2, 0) is 16.6 Å². The molecule has 1 aliphatic rings. The summed E-state index contributed by atoms with van der Waals surface area (Å²) in [5.74, 6) is 1.04. The van der Waals surface area contributed by atoms with Gasteiger partial charge in [0.05, 0.1) is 24.5 Å². The summed E-state index contributed by atoms with van der Waals surface area (Å²) in [5.41, 5.74) is 2.15. The molecule has 0 saturated carbocycles. The third-order valence-electron chi connectivity index (χ3n) is 5.60. The van der Waals surface area contributed by atoms with E-state index in [1.807, 2.05) is 25.1 Å². The molecule has 1 N–H and O–H groups in total. The van der Waals surface area contributed by atoms with E-state index >= 15 is 0 Å². The van der Waals surface area contributed by atoms with Gasteiger partial charge in [0.15, 0.2) is 11.5 Å². The van der Waals surface area contributed by atoms with E-state index < -0.39 is 10.0 Å². The number of rotatable bonds is 7. The van der Waals surface area contributed by atoms with E-state index in [0.717, 1.165) is 11.8 Å². The number of amides is 1. The highest BCUT2D eigenvalue weighted by Crippen LogP contribution is 2.33. The van der Waals surface area contributed by atoms with E-state index in [1.54, 1.807) is 42.5 Å². The first kappa shape index (κ1) is 25.2. The number of carbonyl (C=O) groups excluding carboxylic acids is 1. The molecule has 0 bridgehead atoms. The number of sulfonamides is 1. The molecule has 4 rings (SSSR count). The molecule has 0 aromatic heterocycles. The lowest BCUT2D eigenvalue weighted by molar-refractivity contribution is 0.0939. The van der Waals surface area contributed by atoms with E-state index in [0.29, 0.717) is 51.6 Å². The molecule has 0 saturated heterocycles. The predicted molar refractivity (Wildman–Crippen MR) is 137 cm³/mol. The number of hydrogen-bond acceptors (Lipinski definition) is 5. The molecule has 1 heterocycles. The fourth-order valence-electron chi connectivity index (χ4n) is 3.70. The fourth-order valence-corrected chi connectivity index (χ4v) is 5.08. The van der Waals surface area contributed by atoms with Gasteiger partial charge >= 0.3 is 0 Å². The Morgan fingerprint density at radius 2 is 1.63 bits per heavy atom. The SMILES string of the molecule is C[C@H](NC(=O)c1ccc(N(Cc2c(Cl)cccc2Cl)S(C)(=O)=O)cc1)c1ccc2c(c1)OCCO2. The molecular formula is C25H24Cl2N2O5S. The van der Waals surface area contributed by atoms with Gasteiger partial charge in [0.2, 0.25) is 10.0 Å². The maximum atomic E-state index is 12.8. The minimum atomic E-state index is -3.65. The molecule has 0 fully saturated rings. The smallest absolute Gasteiger partial charge is 0.251 e. The molecule has 0 aliphatic carbocycles. The third kappa shape index (κ3) is 5.83. The van der Waals surface area contributed by atoms with Crippen LogP contribution in [0.25, 0.3) is 0 Å². The Balaban J connectivity index is 1.50. The second kappa shape index (κ2) is 10.4. The van der Waals surface area contributed by atoms with Crippen molar-refractivity contribution in [3.8, 4) is 11.5 Å². The van der Waals surface area contributed by atoms with Crippen molar-refractivity contribution in [1.82, 2.24) is 5.32 Å². The molecule has 3 aromatic carbocycles. The second-order valence-corrected chi connectivity index (χ2v) is 10.8. The molecule has 10 heteroatoms. The zero-order valence-corrected chi connectivity index (χ0v) is 21.5. The molecule has 35 heavy (non-hydrogen) atoms. The number of hydrogen-bond donors (Lipinski definition) is 1. The lowest BCUT2D eigenvalue weighted by Gasteiger charge is -2.24. The lowest BCUT2D eigenvalue weighted by atomic mass is 10.1. The van der Waals surface area contributed by atoms with Crippen molar-refractivity contribution < 1.29 is 22.7 Å². The van der Waals surface area contributed by atoms with Crippen LogP contribution < -0.4 is 19.1 Å². The summed E-state index contributed by atoms with van der Waals surface area (Å²) in [5, 5.41) is 3.69. The van der Waals surface area contributed by atoms with Gasteiger partial charge in [0.25, 0.3) is 5.91 Å². The van der Waals surface area contributed by atoms with Crippen LogP contribution >= 0.6 is 23.2 Å². The highest BCUT2D eigenvalue weighted by molar-refractivity contribution is 7.92. The zero-order valence-electron chi connectivity index (χ0n) is 19.1. The summed E-state index contributed by atoms with van der Waals surface area (Å²) in [6.45, 7) is 2.83. The Labute approximate surface area is 214 Å². The van der Waals surface area contributed by atoms with Crippen LogP contribution in [-0.4, -0.2) is 33.8 Å². The van der Waals surface area contributed by atoms with Crippen LogP contribution in [0, 0.1) is 0 Å². The largest absolute Gasteiger partial charge is 0.486 e. The molecule has 1 atom stereocenters. The summed E-state index contributed by atoms with van der Waals surface area (Å²) in [6.07, 6.45) is 1.10. The van der Waals surface area contributed by atoms with Crippen molar-refractivity contribution >= 4 is 44.8 Å². The maximum Gasteiger partial charge on any atom is 0.251 e. The second-order valence-electron chi connectivity index (χ2n) is 8.11. The number of anilines is 1. The molecule has 184 valence electrons. The first-order valence-electron chi connectivity index (χ1n) is 10.8. The quantitative estimate of drug-likeness (QED) is 0.449. The Bertz CT molecular complexity index is 1330. The van der Waals surface area contributed by atoms with Crippen LogP contribution in [0.3, 0.4) is 0 Å². The normalized spacial score (nSPS) is 13.7. The molecule has 0 radical (unpaired) electrons. The highest BCUT2D eigenvalue weighted by Gasteiger charge is 2.22. The minimum absolute atomic E-state index is 0.0377. The Morgan fingerprint density at radius 1 is 1.00 bits per heavy atom. The van der Waals surface area contributed by atoms with Gasteiger partial charge in [-0.1, -0.05) is 35.3 Å². The van der Waals surface area contributed by atoms with Gasteiger partial charge < -0.3 is 14.8 Å². The van der Waals surface area contributed by atoms with Gasteiger partial charge in [0, 0.05) is 21.2 Å². The van der Waals surface area contributed by atoms with Gasteiger partial charge in [-0.3, -0.25) is 9.10 Å². The van der Waals surface area contributed by atoms with Gasteiger partial charge in [-0.25, -0.2) is 8.42 Å². The van der Waals surface area contributed by atoms with Crippen molar-refractivity contribution in [3.05, 3.63) is 87.4 Å². The molecule has 1 aliphatic heterocycles. The van der Waals surface area contributed by atoms with Crippen molar-refractivity contribution in [2.75, 3.05) is 23.8 Å². The van der Waals surface area contributed by atoms with Crippen molar-refractivity contribution in [3.63, 3.8) is 0 Å².